The van der Waals surface area contributed by atoms with Gasteiger partial charge in [-0.25, -0.2) is 0 Å². The standard InChI is InChI=1S/C30H31NO4S2/c1-30(2,3)22-12-14-24(15-13-22)34-17-8-18-35-25-16-11-21(19-26(25)33-4)20-27-28(32)31(29(36)37-27)23-9-6-5-7-10-23/h5-7,9-16,19-20H,8,17-18H2,1-4H3. The Kier molecular flexibility index (Phi) is 8.56. The number of thioether (sulfide) groups is 1. The first-order chi connectivity index (χ1) is 17.8. The van der Waals surface area contributed by atoms with Gasteiger partial charge in [-0.15, -0.1) is 0 Å². The minimum atomic E-state index is -0.131. The maximum Gasteiger partial charge on any atom is 0.270 e. The van der Waals surface area contributed by atoms with Gasteiger partial charge in [-0.3, -0.25) is 9.69 Å². The van der Waals surface area contributed by atoms with Gasteiger partial charge in [0, 0.05) is 6.42 Å². The van der Waals surface area contributed by atoms with E-state index in [0.717, 1.165) is 23.4 Å². The van der Waals surface area contributed by atoms with Crippen molar-refractivity contribution in [3.63, 3.8) is 0 Å². The molecule has 0 aromatic heterocycles. The van der Waals surface area contributed by atoms with Gasteiger partial charge in [0.25, 0.3) is 5.91 Å². The van der Waals surface area contributed by atoms with Crippen molar-refractivity contribution in [2.24, 2.45) is 0 Å². The third-order valence-electron chi connectivity index (χ3n) is 5.83. The molecule has 1 fully saturated rings. The lowest BCUT2D eigenvalue weighted by Gasteiger charge is -2.19. The second-order valence-corrected chi connectivity index (χ2v) is 11.3. The van der Waals surface area contributed by atoms with Crippen LogP contribution in [0.1, 0.15) is 38.3 Å². The molecule has 3 aromatic carbocycles. The van der Waals surface area contributed by atoms with Crippen molar-refractivity contribution < 1.29 is 19.0 Å². The van der Waals surface area contributed by atoms with Crippen molar-refractivity contribution in [3.8, 4) is 17.2 Å². The highest BCUT2D eigenvalue weighted by molar-refractivity contribution is 8.27. The fourth-order valence-electron chi connectivity index (χ4n) is 3.79. The van der Waals surface area contributed by atoms with Crippen LogP contribution in [-0.2, 0) is 10.2 Å². The quantitative estimate of drug-likeness (QED) is 0.164. The molecule has 0 aliphatic carbocycles. The lowest BCUT2D eigenvalue weighted by atomic mass is 9.87. The number of hydrogen-bond acceptors (Lipinski definition) is 6. The van der Waals surface area contributed by atoms with E-state index in [1.165, 1.54) is 17.3 Å². The first-order valence-corrected chi connectivity index (χ1v) is 13.4. The number of anilines is 1. The first kappa shape index (κ1) is 26.8. The van der Waals surface area contributed by atoms with Crippen LogP contribution in [0.25, 0.3) is 6.08 Å². The summed E-state index contributed by atoms with van der Waals surface area (Å²) in [5.41, 5.74) is 3.00. The summed E-state index contributed by atoms with van der Waals surface area (Å²) < 4.78 is 17.9. The molecule has 37 heavy (non-hydrogen) atoms. The Morgan fingerprint density at radius 1 is 0.919 bits per heavy atom. The van der Waals surface area contributed by atoms with Crippen LogP contribution in [-0.4, -0.2) is 30.6 Å². The molecule has 0 spiro atoms. The molecular formula is C30H31NO4S2. The summed E-state index contributed by atoms with van der Waals surface area (Å²) in [6.45, 7) is 7.63. The van der Waals surface area contributed by atoms with E-state index in [-0.39, 0.29) is 11.3 Å². The normalized spacial score (nSPS) is 14.8. The number of rotatable bonds is 9. The molecule has 192 valence electrons. The highest BCUT2D eigenvalue weighted by Gasteiger charge is 2.33. The van der Waals surface area contributed by atoms with Gasteiger partial charge in [0.1, 0.15) is 5.75 Å². The van der Waals surface area contributed by atoms with Gasteiger partial charge in [-0.1, -0.05) is 81.1 Å². The second kappa shape index (κ2) is 11.8. The highest BCUT2D eigenvalue weighted by Crippen LogP contribution is 2.37. The van der Waals surface area contributed by atoms with Gasteiger partial charge >= 0.3 is 0 Å². The largest absolute Gasteiger partial charge is 0.493 e. The van der Waals surface area contributed by atoms with E-state index in [2.05, 4.69) is 32.9 Å². The molecule has 3 aromatic rings. The van der Waals surface area contributed by atoms with Gasteiger partial charge in [-0.05, 0) is 59.0 Å². The summed E-state index contributed by atoms with van der Waals surface area (Å²) in [6, 6.07) is 23.3. The number of benzene rings is 3. The number of methoxy groups -OCH3 is 1. The Bertz CT molecular complexity index is 1280. The smallest absolute Gasteiger partial charge is 0.270 e. The number of nitrogens with zero attached hydrogens (tertiary/aromatic N) is 1. The van der Waals surface area contributed by atoms with Crippen molar-refractivity contribution in [1.82, 2.24) is 0 Å². The van der Waals surface area contributed by atoms with E-state index in [1.807, 2.05) is 66.7 Å². The van der Waals surface area contributed by atoms with Gasteiger partial charge in [0.2, 0.25) is 0 Å². The number of hydrogen-bond donors (Lipinski definition) is 0. The molecule has 0 saturated carbocycles. The SMILES string of the molecule is COc1cc(C=C2SC(=S)N(c3ccccc3)C2=O)ccc1OCCCOc1ccc(C(C)(C)C)cc1. The van der Waals surface area contributed by atoms with Crippen molar-refractivity contribution in [1.29, 1.82) is 0 Å². The molecule has 1 saturated heterocycles. The van der Waals surface area contributed by atoms with Crippen LogP contribution in [0.2, 0.25) is 0 Å². The lowest BCUT2D eigenvalue weighted by molar-refractivity contribution is -0.113. The van der Waals surface area contributed by atoms with E-state index in [1.54, 1.807) is 12.0 Å². The Morgan fingerprint density at radius 3 is 2.30 bits per heavy atom. The molecule has 0 radical (unpaired) electrons. The van der Waals surface area contributed by atoms with Crippen molar-refractivity contribution >= 4 is 46.0 Å². The van der Waals surface area contributed by atoms with Gasteiger partial charge in [0.15, 0.2) is 15.8 Å². The van der Waals surface area contributed by atoms with Crippen LogP contribution in [0.3, 0.4) is 0 Å². The first-order valence-electron chi connectivity index (χ1n) is 12.1. The fraction of sp³-hybridized carbons (Fsp3) is 0.267. The average molecular weight is 534 g/mol. The number of ether oxygens (including phenoxy) is 3. The van der Waals surface area contributed by atoms with Crippen molar-refractivity contribution in [2.45, 2.75) is 32.6 Å². The minimum absolute atomic E-state index is 0.123. The van der Waals surface area contributed by atoms with Crippen molar-refractivity contribution in [2.75, 3.05) is 25.2 Å². The summed E-state index contributed by atoms with van der Waals surface area (Å²) in [5, 5.41) is 0. The molecule has 1 amide bonds. The summed E-state index contributed by atoms with van der Waals surface area (Å²) in [4.78, 5) is 15.1. The molecule has 0 atom stereocenters. The number of para-hydroxylation sites is 1. The van der Waals surface area contributed by atoms with Crippen LogP contribution in [0.15, 0.2) is 77.7 Å². The summed E-state index contributed by atoms with van der Waals surface area (Å²) in [7, 11) is 1.60. The van der Waals surface area contributed by atoms with Crippen molar-refractivity contribution in [3.05, 3.63) is 88.8 Å². The molecule has 1 heterocycles. The molecule has 0 N–H and O–H groups in total. The minimum Gasteiger partial charge on any atom is -0.493 e. The lowest BCUT2D eigenvalue weighted by Crippen LogP contribution is -2.27. The number of thiocarbonyl (C=S) groups is 1. The predicted octanol–water partition coefficient (Wildman–Crippen LogP) is 7.25. The molecule has 7 heteroatoms. The Hall–Kier alpha value is -3.29. The molecule has 0 unspecified atom stereocenters. The van der Waals surface area contributed by atoms with Crippen LogP contribution < -0.4 is 19.1 Å². The molecule has 1 aliphatic heterocycles. The highest BCUT2D eigenvalue weighted by atomic mass is 32.2. The Balaban J connectivity index is 1.32. The maximum atomic E-state index is 13.0. The van der Waals surface area contributed by atoms with Crippen LogP contribution in [0.4, 0.5) is 5.69 Å². The molecule has 4 rings (SSSR count). The topological polar surface area (TPSA) is 48.0 Å². The van der Waals surface area contributed by atoms with Gasteiger partial charge in [0.05, 0.1) is 30.9 Å². The molecular weight excluding hydrogens is 502 g/mol. The third kappa shape index (κ3) is 6.73. The Morgan fingerprint density at radius 2 is 1.62 bits per heavy atom. The fourth-order valence-corrected chi connectivity index (χ4v) is 5.09. The molecule has 0 bridgehead atoms. The van der Waals surface area contributed by atoms with Gasteiger partial charge < -0.3 is 14.2 Å². The molecule has 1 aliphatic rings. The van der Waals surface area contributed by atoms with E-state index in [0.29, 0.717) is 33.9 Å². The van der Waals surface area contributed by atoms with E-state index in [4.69, 9.17) is 26.4 Å². The zero-order chi connectivity index (χ0) is 26.4. The zero-order valence-corrected chi connectivity index (χ0v) is 23.2. The van der Waals surface area contributed by atoms with Crippen LogP contribution >= 0.6 is 24.0 Å². The van der Waals surface area contributed by atoms with E-state index < -0.39 is 0 Å². The van der Waals surface area contributed by atoms with Crippen LogP contribution in [0, 0.1) is 0 Å². The Labute approximate surface area is 228 Å². The number of carbonyl (C=O) groups is 1. The third-order valence-corrected chi connectivity index (χ3v) is 7.13. The molecule has 5 nitrogen and oxygen atoms in total. The summed E-state index contributed by atoms with van der Waals surface area (Å²) >= 11 is 6.75. The maximum absolute atomic E-state index is 13.0. The van der Waals surface area contributed by atoms with E-state index in [9.17, 15) is 4.79 Å². The van der Waals surface area contributed by atoms with Gasteiger partial charge in [-0.2, -0.15) is 0 Å². The average Bonchev–Trinajstić information content (AvgIpc) is 3.16. The number of amides is 1. The second-order valence-electron chi connectivity index (χ2n) is 9.59. The monoisotopic (exact) mass is 533 g/mol. The summed E-state index contributed by atoms with van der Waals surface area (Å²) in [6.07, 6.45) is 2.56. The summed E-state index contributed by atoms with van der Waals surface area (Å²) in [5.74, 6) is 1.97. The predicted molar refractivity (Wildman–Crippen MR) is 156 cm³/mol. The van der Waals surface area contributed by atoms with E-state index >= 15 is 0 Å². The number of carbonyl (C=O) groups excluding carboxylic acids is 1. The zero-order valence-electron chi connectivity index (χ0n) is 21.5. The van der Waals surface area contributed by atoms with Crippen LogP contribution in [0.5, 0.6) is 17.2 Å².